The highest BCUT2D eigenvalue weighted by Gasteiger charge is 2.18. The van der Waals surface area contributed by atoms with Crippen LogP contribution in [0.4, 0.5) is 0 Å². The first-order valence-electron chi connectivity index (χ1n) is 6.95. The zero-order valence-electron chi connectivity index (χ0n) is 11.6. The topological polar surface area (TPSA) is 70.3 Å². The van der Waals surface area contributed by atoms with E-state index in [2.05, 4.69) is 15.1 Å². The van der Waals surface area contributed by atoms with Crippen LogP contribution in [0.5, 0.6) is 5.88 Å². The van der Waals surface area contributed by atoms with E-state index in [1.165, 1.54) is 0 Å². The molecular weight excluding hydrogens is 302 g/mol. The van der Waals surface area contributed by atoms with Gasteiger partial charge in [0.05, 0.1) is 13.2 Å². The molecule has 112 valence electrons. The summed E-state index contributed by atoms with van der Waals surface area (Å²) < 4.78 is 16.4. The van der Waals surface area contributed by atoms with Gasteiger partial charge in [-0.15, -0.1) is 0 Å². The third-order valence-electron chi connectivity index (χ3n) is 3.36. The highest BCUT2D eigenvalue weighted by Crippen LogP contribution is 2.25. The number of thiophene rings is 1. The number of ether oxygens (including phenoxy) is 2. The highest BCUT2D eigenvalue weighted by atomic mass is 32.1. The molecule has 0 aromatic carbocycles. The van der Waals surface area contributed by atoms with Gasteiger partial charge in [-0.1, -0.05) is 5.16 Å². The smallest absolute Gasteiger partial charge is 0.258 e. The first-order valence-corrected chi connectivity index (χ1v) is 7.90. The van der Waals surface area contributed by atoms with Crippen molar-refractivity contribution in [1.29, 1.82) is 0 Å². The molecule has 6 nitrogen and oxygen atoms in total. The largest absolute Gasteiger partial charge is 0.472 e. The van der Waals surface area contributed by atoms with Gasteiger partial charge in [0.2, 0.25) is 11.7 Å². The molecule has 7 heteroatoms. The molecule has 4 heterocycles. The molecule has 1 saturated heterocycles. The fourth-order valence-corrected chi connectivity index (χ4v) is 2.87. The molecule has 0 radical (unpaired) electrons. The molecule has 1 aliphatic heterocycles. The lowest BCUT2D eigenvalue weighted by molar-refractivity contribution is 0.138. The molecule has 1 aliphatic rings. The lowest BCUT2D eigenvalue weighted by atomic mass is 10.2. The summed E-state index contributed by atoms with van der Waals surface area (Å²) in [5.41, 5.74) is 1.74. The zero-order chi connectivity index (χ0) is 14.8. The van der Waals surface area contributed by atoms with E-state index in [-0.39, 0.29) is 6.10 Å². The molecule has 3 aromatic rings. The standard InChI is InChI=1S/C15H13N3O3S/c1-4-16-13(20-12-2-5-19-8-12)7-10(1)15-17-14(18-21-15)11-3-6-22-9-11/h1,3-4,6-7,9,12H,2,5,8H2. The minimum Gasteiger partial charge on any atom is -0.472 e. The molecule has 0 bridgehead atoms. The van der Waals surface area contributed by atoms with Gasteiger partial charge in [-0.3, -0.25) is 0 Å². The van der Waals surface area contributed by atoms with Crippen LogP contribution < -0.4 is 4.74 Å². The molecule has 0 aliphatic carbocycles. The minimum atomic E-state index is 0.0619. The van der Waals surface area contributed by atoms with E-state index in [1.54, 1.807) is 17.5 Å². The van der Waals surface area contributed by atoms with Gasteiger partial charge in [-0.05, 0) is 17.5 Å². The second kappa shape index (κ2) is 5.86. The summed E-state index contributed by atoms with van der Waals surface area (Å²) in [5, 5.41) is 7.97. The van der Waals surface area contributed by atoms with E-state index in [1.807, 2.05) is 29.0 Å². The summed E-state index contributed by atoms with van der Waals surface area (Å²) in [6.45, 7) is 1.34. The third-order valence-corrected chi connectivity index (χ3v) is 4.05. The summed E-state index contributed by atoms with van der Waals surface area (Å²) in [4.78, 5) is 8.64. The van der Waals surface area contributed by atoms with Crippen molar-refractivity contribution in [1.82, 2.24) is 15.1 Å². The second-order valence-electron chi connectivity index (χ2n) is 4.92. The van der Waals surface area contributed by atoms with E-state index < -0.39 is 0 Å². The number of hydrogen-bond donors (Lipinski definition) is 0. The van der Waals surface area contributed by atoms with Crippen LogP contribution in [0.1, 0.15) is 6.42 Å². The fourth-order valence-electron chi connectivity index (χ4n) is 2.23. The van der Waals surface area contributed by atoms with E-state index in [9.17, 15) is 0 Å². The molecule has 1 unspecified atom stereocenters. The molecule has 0 N–H and O–H groups in total. The van der Waals surface area contributed by atoms with Crippen LogP contribution in [0.15, 0.2) is 39.7 Å². The van der Waals surface area contributed by atoms with E-state index >= 15 is 0 Å². The number of aromatic nitrogens is 3. The van der Waals surface area contributed by atoms with Gasteiger partial charge in [-0.2, -0.15) is 16.3 Å². The van der Waals surface area contributed by atoms with Crippen LogP contribution in [0.25, 0.3) is 22.8 Å². The lowest BCUT2D eigenvalue weighted by Crippen LogP contribution is -2.16. The van der Waals surface area contributed by atoms with Gasteiger partial charge in [0.15, 0.2) is 0 Å². The Morgan fingerprint density at radius 1 is 1.27 bits per heavy atom. The van der Waals surface area contributed by atoms with Crippen molar-refractivity contribution in [2.45, 2.75) is 12.5 Å². The van der Waals surface area contributed by atoms with Crippen LogP contribution in [0.3, 0.4) is 0 Å². The Balaban J connectivity index is 1.57. The number of hydrogen-bond acceptors (Lipinski definition) is 7. The van der Waals surface area contributed by atoms with E-state index in [4.69, 9.17) is 14.0 Å². The normalized spacial score (nSPS) is 17.7. The number of nitrogens with zero attached hydrogens (tertiary/aromatic N) is 3. The lowest BCUT2D eigenvalue weighted by Gasteiger charge is -2.10. The fraction of sp³-hybridized carbons (Fsp3) is 0.267. The summed E-state index contributed by atoms with van der Waals surface area (Å²) in [6, 6.07) is 5.59. The molecule has 22 heavy (non-hydrogen) atoms. The average molecular weight is 315 g/mol. The minimum absolute atomic E-state index is 0.0619. The molecule has 1 atom stereocenters. The van der Waals surface area contributed by atoms with Crippen LogP contribution in [0, 0.1) is 0 Å². The molecule has 1 fully saturated rings. The average Bonchev–Trinajstić information content (AvgIpc) is 3.29. The summed E-state index contributed by atoms with van der Waals surface area (Å²) in [6.07, 6.45) is 2.62. The first kappa shape index (κ1) is 13.4. The molecule has 3 aromatic heterocycles. The zero-order valence-corrected chi connectivity index (χ0v) is 12.5. The van der Waals surface area contributed by atoms with Crippen LogP contribution >= 0.6 is 11.3 Å². The predicted octanol–water partition coefficient (Wildman–Crippen LogP) is 3.03. The quantitative estimate of drug-likeness (QED) is 0.737. The Labute approximate surface area is 130 Å². The molecule has 0 saturated carbocycles. The molecular formula is C15H13N3O3S. The molecule has 0 amide bonds. The van der Waals surface area contributed by atoms with Crippen LogP contribution in [0.2, 0.25) is 0 Å². The Kier molecular flexibility index (Phi) is 3.57. The SMILES string of the molecule is c1cc(-c2nc(-c3ccsc3)no2)cc(OC2CCOC2)n1. The van der Waals surface area contributed by atoms with Gasteiger partial charge in [-0.25, -0.2) is 4.98 Å². The number of pyridine rings is 1. The maximum absolute atomic E-state index is 5.79. The van der Waals surface area contributed by atoms with Crippen molar-refractivity contribution in [3.05, 3.63) is 35.2 Å². The highest BCUT2D eigenvalue weighted by molar-refractivity contribution is 7.08. The van der Waals surface area contributed by atoms with Crippen molar-refractivity contribution in [2.24, 2.45) is 0 Å². The first-order chi connectivity index (χ1) is 10.9. The third kappa shape index (κ3) is 2.72. The van der Waals surface area contributed by atoms with Gasteiger partial charge in [0.25, 0.3) is 5.89 Å². The Morgan fingerprint density at radius 2 is 2.27 bits per heavy atom. The van der Waals surface area contributed by atoms with Gasteiger partial charge in [0, 0.05) is 35.2 Å². The van der Waals surface area contributed by atoms with Gasteiger partial charge >= 0.3 is 0 Å². The monoisotopic (exact) mass is 315 g/mol. The summed E-state index contributed by atoms with van der Waals surface area (Å²) in [5.74, 6) is 1.58. The molecule has 0 spiro atoms. The van der Waals surface area contributed by atoms with Gasteiger partial charge in [0.1, 0.15) is 6.10 Å². The van der Waals surface area contributed by atoms with Crippen molar-refractivity contribution >= 4 is 11.3 Å². The predicted molar refractivity (Wildman–Crippen MR) is 80.7 cm³/mol. The maximum atomic E-state index is 5.79. The Morgan fingerprint density at radius 3 is 3.09 bits per heavy atom. The number of rotatable bonds is 4. The Hall–Kier alpha value is -2.25. The van der Waals surface area contributed by atoms with Crippen molar-refractivity contribution in [2.75, 3.05) is 13.2 Å². The van der Waals surface area contributed by atoms with Crippen molar-refractivity contribution < 1.29 is 14.0 Å². The van der Waals surface area contributed by atoms with E-state index in [0.717, 1.165) is 24.2 Å². The van der Waals surface area contributed by atoms with E-state index in [0.29, 0.717) is 24.2 Å². The van der Waals surface area contributed by atoms with Crippen molar-refractivity contribution in [3.63, 3.8) is 0 Å². The van der Waals surface area contributed by atoms with Crippen LogP contribution in [-0.2, 0) is 4.74 Å². The second-order valence-corrected chi connectivity index (χ2v) is 5.70. The van der Waals surface area contributed by atoms with Crippen LogP contribution in [-0.4, -0.2) is 34.4 Å². The molecule has 4 rings (SSSR count). The summed E-state index contributed by atoms with van der Waals surface area (Å²) in [7, 11) is 0. The maximum Gasteiger partial charge on any atom is 0.258 e. The van der Waals surface area contributed by atoms with Gasteiger partial charge < -0.3 is 14.0 Å². The Bertz CT molecular complexity index is 751. The summed E-state index contributed by atoms with van der Waals surface area (Å²) >= 11 is 1.60. The van der Waals surface area contributed by atoms with Crippen molar-refractivity contribution in [3.8, 4) is 28.7 Å².